The summed E-state index contributed by atoms with van der Waals surface area (Å²) in [6.07, 6.45) is 0.102. The molecule has 1 aromatic rings. The van der Waals surface area contributed by atoms with Crippen LogP contribution in [0, 0.1) is 0 Å². The Kier molecular flexibility index (Phi) is 5.43. The van der Waals surface area contributed by atoms with Crippen molar-refractivity contribution in [2.45, 2.75) is 12.5 Å². The Bertz CT molecular complexity index is 436. The van der Waals surface area contributed by atoms with E-state index in [1.165, 1.54) is 7.11 Å². The molecule has 0 heterocycles. The van der Waals surface area contributed by atoms with Crippen molar-refractivity contribution in [3.05, 3.63) is 22.2 Å². The van der Waals surface area contributed by atoms with Gasteiger partial charge in [0.15, 0.2) is 11.5 Å². The van der Waals surface area contributed by atoms with Crippen LogP contribution >= 0.6 is 15.9 Å². The van der Waals surface area contributed by atoms with Crippen LogP contribution in [-0.2, 0) is 9.53 Å². The summed E-state index contributed by atoms with van der Waals surface area (Å²) < 4.78 is 15.7. The zero-order valence-corrected chi connectivity index (χ0v) is 12.1. The van der Waals surface area contributed by atoms with Crippen molar-refractivity contribution in [3.63, 3.8) is 0 Å². The van der Waals surface area contributed by atoms with Gasteiger partial charge in [-0.15, -0.1) is 0 Å². The zero-order chi connectivity index (χ0) is 13.7. The molecule has 6 heteroatoms. The minimum atomic E-state index is -0.466. The van der Waals surface area contributed by atoms with Gasteiger partial charge in [0.2, 0.25) is 0 Å². The molecule has 1 rings (SSSR count). The van der Waals surface area contributed by atoms with Crippen molar-refractivity contribution < 1.29 is 19.0 Å². The summed E-state index contributed by atoms with van der Waals surface area (Å²) in [4.78, 5) is 11.2. The van der Waals surface area contributed by atoms with Crippen LogP contribution in [0.4, 0.5) is 0 Å². The second-order valence-electron chi connectivity index (χ2n) is 3.62. The standard InChI is InChI=1S/C12H16BrNO4/c1-16-10-4-7(8(13)5-11(10)17-2)9(14)6-12(15)18-3/h4-5,9H,6,14H2,1-3H3/t9-/m0/s1. The van der Waals surface area contributed by atoms with Crippen molar-refractivity contribution in [1.82, 2.24) is 0 Å². The average Bonchev–Trinajstić information content (AvgIpc) is 2.37. The van der Waals surface area contributed by atoms with E-state index in [4.69, 9.17) is 15.2 Å². The number of nitrogens with two attached hydrogens (primary N) is 1. The van der Waals surface area contributed by atoms with Crippen molar-refractivity contribution in [2.24, 2.45) is 5.73 Å². The molecule has 0 unspecified atom stereocenters. The number of rotatable bonds is 5. The Morgan fingerprint density at radius 1 is 1.28 bits per heavy atom. The number of carbonyl (C=O) groups excluding carboxylic acids is 1. The predicted molar refractivity (Wildman–Crippen MR) is 70.8 cm³/mol. The molecule has 0 aliphatic heterocycles. The number of hydrogen-bond acceptors (Lipinski definition) is 5. The van der Waals surface area contributed by atoms with E-state index in [0.717, 1.165) is 10.0 Å². The van der Waals surface area contributed by atoms with E-state index in [1.807, 2.05) is 0 Å². The van der Waals surface area contributed by atoms with Crippen LogP contribution < -0.4 is 15.2 Å². The number of halogens is 1. The average molecular weight is 318 g/mol. The molecule has 5 nitrogen and oxygen atoms in total. The quantitative estimate of drug-likeness (QED) is 0.841. The predicted octanol–water partition coefficient (Wildman–Crippen LogP) is 2.03. The molecule has 1 atom stereocenters. The summed E-state index contributed by atoms with van der Waals surface area (Å²) >= 11 is 3.40. The fourth-order valence-electron chi connectivity index (χ4n) is 1.53. The van der Waals surface area contributed by atoms with E-state index >= 15 is 0 Å². The van der Waals surface area contributed by atoms with E-state index in [2.05, 4.69) is 20.7 Å². The van der Waals surface area contributed by atoms with Gasteiger partial charge in [-0.05, 0) is 17.7 Å². The molecule has 0 aromatic heterocycles. The third kappa shape index (κ3) is 3.36. The lowest BCUT2D eigenvalue weighted by atomic mass is 10.0. The fourth-order valence-corrected chi connectivity index (χ4v) is 2.14. The molecular formula is C12H16BrNO4. The van der Waals surface area contributed by atoms with Gasteiger partial charge >= 0.3 is 5.97 Å². The Balaban J connectivity index is 3.05. The number of esters is 1. The molecule has 0 fully saturated rings. The molecule has 100 valence electrons. The van der Waals surface area contributed by atoms with E-state index in [0.29, 0.717) is 11.5 Å². The summed E-state index contributed by atoms with van der Waals surface area (Å²) in [7, 11) is 4.43. The molecule has 0 saturated carbocycles. The van der Waals surface area contributed by atoms with Gasteiger partial charge in [0.25, 0.3) is 0 Å². The van der Waals surface area contributed by atoms with Crippen LogP contribution in [0.5, 0.6) is 11.5 Å². The highest BCUT2D eigenvalue weighted by atomic mass is 79.9. The fraction of sp³-hybridized carbons (Fsp3) is 0.417. The largest absolute Gasteiger partial charge is 0.493 e. The Morgan fingerprint density at radius 2 is 1.83 bits per heavy atom. The number of ether oxygens (including phenoxy) is 3. The van der Waals surface area contributed by atoms with Gasteiger partial charge in [0.05, 0.1) is 27.8 Å². The lowest BCUT2D eigenvalue weighted by molar-refractivity contribution is -0.141. The summed E-state index contributed by atoms with van der Waals surface area (Å²) in [5, 5.41) is 0. The Morgan fingerprint density at radius 3 is 2.33 bits per heavy atom. The molecule has 0 spiro atoms. The number of carbonyl (C=O) groups is 1. The molecule has 0 radical (unpaired) electrons. The van der Waals surface area contributed by atoms with E-state index in [-0.39, 0.29) is 12.4 Å². The molecule has 0 saturated heterocycles. The van der Waals surface area contributed by atoms with Gasteiger partial charge in [-0.1, -0.05) is 15.9 Å². The maximum absolute atomic E-state index is 11.2. The minimum absolute atomic E-state index is 0.102. The maximum atomic E-state index is 11.2. The lowest BCUT2D eigenvalue weighted by Gasteiger charge is -2.16. The van der Waals surface area contributed by atoms with Crippen molar-refractivity contribution in [1.29, 1.82) is 0 Å². The van der Waals surface area contributed by atoms with Gasteiger partial charge in [-0.3, -0.25) is 4.79 Å². The highest BCUT2D eigenvalue weighted by Gasteiger charge is 2.18. The first kappa shape index (κ1) is 14.8. The maximum Gasteiger partial charge on any atom is 0.307 e. The lowest BCUT2D eigenvalue weighted by Crippen LogP contribution is -2.17. The number of methoxy groups -OCH3 is 3. The van der Waals surface area contributed by atoms with Gasteiger partial charge in [0.1, 0.15) is 0 Å². The van der Waals surface area contributed by atoms with Crippen molar-refractivity contribution in [3.8, 4) is 11.5 Å². The van der Waals surface area contributed by atoms with Gasteiger partial charge in [-0.2, -0.15) is 0 Å². The van der Waals surface area contributed by atoms with E-state index < -0.39 is 6.04 Å². The molecule has 1 aromatic carbocycles. The normalized spacial score (nSPS) is 11.8. The molecular weight excluding hydrogens is 302 g/mol. The molecule has 0 aliphatic rings. The molecule has 18 heavy (non-hydrogen) atoms. The topological polar surface area (TPSA) is 70.8 Å². The first-order chi connectivity index (χ1) is 8.53. The molecule has 0 aliphatic carbocycles. The van der Waals surface area contributed by atoms with Crippen LogP contribution in [0.25, 0.3) is 0 Å². The second kappa shape index (κ2) is 6.61. The zero-order valence-electron chi connectivity index (χ0n) is 10.5. The molecule has 2 N–H and O–H groups in total. The summed E-state index contributed by atoms with van der Waals surface area (Å²) in [6, 6.07) is 3.04. The van der Waals surface area contributed by atoms with Crippen LogP contribution in [0.1, 0.15) is 18.0 Å². The van der Waals surface area contributed by atoms with E-state index in [9.17, 15) is 4.79 Å². The molecule has 0 bridgehead atoms. The first-order valence-electron chi connectivity index (χ1n) is 5.27. The first-order valence-corrected chi connectivity index (χ1v) is 6.06. The van der Waals surface area contributed by atoms with Gasteiger partial charge in [-0.25, -0.2) is 0 Å². The van der Waals surface area contributed by atoms with Crippen molar-refractivity contribution >= 4 is 21.9 Å². The van der Waals surface area contributed by atoms with Crippen LogP contribution in [0.2, 0.25) is 0 Å². The highest BCUT2D eigenvalue weighted by Crippen LogP contribution is 2.36. The summed E-state index contributed by atoms with van der Waals surface area (Å²) in [5.41, 5.74) is 6.72. The smallest absolute Gasteiger partial charge is 0.307 e. The van der Waals surface area contributed by atoms with Crippen LogP contribution in [-0.4, -0.2) is 27.3 Å². The van der Waals surface area contributed by atoms with Gasteiger partial charge in [0, 0.05) is 10.5 Å². The van der Waals surface area contributed by atoms with E-state index in [1.54, 1.807) is 26.4 Å². The van der Waals surface area contributed by atoms with Crippen LogP contribution in [0.3, 0.4) is 0 Å². The number of hydrogen-bond donors (Lipinski definition) is 1. The Hall–Kier alpha value is -1.27. The second-order valence-corrected chi connectivity index (χ2v) is 4.47. The minimum Gasteiger partial charge on any atom is -0.493 e. The van der Waals surface area contributed by atoms with Crippen LogP contribution in [0.15, 0.2) is 16.6 Å². The number of benzene rings is 1. The summed E-state index contributed by atoms with van der Waals surface area (Å²) in [6.45, 7) is 0. The third-order valence-electron chi connectivity index (χ3n) is 2.52. The molecule has 0 amide bonds. The summed E-state index contributed by atoms with van der Waals surface area (Å²) in [5.74, 6) is 0.804. The monoisotopic (exact) mass is 317 g/mol. The van der Waals surface area contributed by atoms with Gasteiger partial charge < -0.3 is 19.9 Å². The van der Waals surface area contributed by atoms with Crippen molar-refractivity contribution in [2.75, 3.05) is 21.3 Å². The third-order valence-corrected chi connectivity index (χ3v) is 3.20. The highest BCUT2D eigenvalue weighted by molar-refractivity contribution is 9.10. The Labute approximate surface area is 114 Å². The SMILES string of the molecule is COC(=O)C[C@H](N)c1cc(OC)c(OC)cc1Br.